The van der Waals surface area contributed by atoms with E-state index in [4.69, 9.17) is 11.8 Å². The Morgan fingerprint density at radius 2 is 2.20 bits per heavy atom. The predicted octanol–water partition coefficient (Wildman–Crippen LogP) is 2.95. The molecule has 1 aromatic rings. The van der Waals surface area contributed by atoms with Crippen LogP contribution in [0.15, 0.2) is 42.1 Å². The van der Waals surface area contributed by atoms with Crippen molar-refractivity contribution >= 4 is 5.57 Å². The quantitative estimate of drug-likeness (QED) is 0.458. The van der Waals surface area contributed by atoms with Gasteiger partial charge < -0.3 is 0 Å². The molecule has 2 nitrogen and oxygen atoms in total. The summed E-state index contributed by atoms with van der Waals surface area (Å²) in [6.45, 7) is 10.9. The van der Waals surface area contributed by atoms with E-state index in [9.17, 15) is 0 Å². The van der Waals surface area contributed by atoms with E-state index >= 15 is 0 Å². The maximum absolute atomic E-state index is 8.87. The Bertz CT molecular complexity index is 535. The standard InChI is InChI=1S/C13H8N2/c1-9-7-10-5-3-4-6-11(10)13(9)12(8-14)15-2/h3-6H,1,7H2/b13-12+. The summed E-state index contributed by atoms with van der Waals surface area (Å²) < 4.78 is 0. The second kappa shape index (κ2) is 3.44. The van der Waals surface area contributed by atoms with Crippen molar-refractivity contribution in [3.05, 3.63) is 64.7 Å². The average molecular weight is 192 g/mol. The number of hydrogen-bond donors (Lipinski definition) is 0. The number of allylic oxidation sites excluding steroid dienone is 3. The van der Waals surface area contributed by atoms with Gasteiger partial charge in [-0.25, -0.2) is 10.1 Å². The molecule has 15 heavy (non-hydrogen) atoms. The molecule has 0 atom stereocenters. The third-order valence-electron chi connectivity index (χ3n) is 2.50. The Morgan fingerprint density at radius 3 is 2.87 bits per heavy atom. The van der Waals surface area contributed by atoms with E-state index in [0.29, 0.717) is 0 Å². The van der Waals surface area contributed by atoms with Crippen LogP contribution < -0.4 is 0 Å². The second-order valence-electron chi connectivity index (χ2n) is 3.38. The zero-order valence-electron chi connectivity index (χ0n) is 8.12. The Hall–Kier alpha value is -2.32. The third-order valence-corrected chi connectivity index (χ3v) is 2.50. The van der Waals surface area contributed by atoms with Crippen LogP contribution in [0.4, 0.5) is 0 Å². The molecule has 0 radical (unpaired) electrons. The maximum Gasteiger partial charge on any atom is 0.269 e. The van der Waals surface area contributed by atoms with Crippen LogP contribution in [0.1, 0.15) is 11.1 Å². The Morgan fingerprint density at radius 1 is 1.47 bits per heavy atom. The number of nitrogens with zero attached hydrogens (tertiary/aromatic N) is 2. The van der Waals surface area contributed by atoms with Gasteiger partial charge in [0.15, 0.2) is 0 Å². The summed E-state index contributed by atoms with van der Waals surface area (Å²) in [6, 6.07) is 9.74. The lowest BCUT2D eigenvalue weighted by molar-refractivity contribution is 1.28. The minimum absolute atomic E-state index is 0.143. The normalized spacial score (nSPS) is 16.5. The molecule has 0 amide bonds. The lowest BCUT2D eigenvalue weighted by atomic mass is 10.0. The first-order valence-electron chi connectivity index (χ1n) is 4.56. The van der Waals surface area contributed by atoms with Crippen molar-refractivity contribution in [3.63, 3.8) is 0 Å². The van der Waals surface area contributed by atoms with Gasteiger partial charge in [0.2, 0.25) is 0 Å². The molecule has 2 rings (SSSR count). The molecule has 0 fully saturated rings. The van der Waals surface area contributed by atoms with E-state index in [2.05, 4.69) is 11.4 Å². The maximum atomic E-state index is 8.87. The van der Waals surface area contributed by atoms with Crippen molar-refractivity contribution in [2.75, 3.05) is 0 Å². The van der Waals surface area contributed by atoms with Gasteiger partial charge in [-0.15, -0.1) is 0 Å². The molecule has 2 heteroatoms. The fraction of sp³-hybridized carbons (Fsp3) is 0.0769. The van der Waals surface area contributed by atoms with E-state index in [1.807, 2.05) is 30.3 Å². The van der Waals surface area contributed by atoms with Gasteiger partial charge in [0.1, 0.15) is 0 Å². The van der Waals surface area contributed by atoms with Crippen LogP contribution in [0, 0.1) is 17.9 Å². The first-order chi connectivity index (χ1) is 7.27. The second-order valence-corrected chi connectivity index (χ2v) is 3.38. The first kappa shape index (κ1) is 9.24. The number of benzene rings is 1. The zero-order valence-corrected chi connectivity index (χ0v) is 8.12. The van der Waals surface area contributed by atoms with Crippen molar-refractivity contribution in [2.45, 2.75) is 6.42 Å². The molecule has 0 N–H and O–H groups in total. The molecule has 1 aromatic carbocycles. The minimum atomic E-state index is 0.143. The van der Waals surface area contributed by atoms with Crippen molar-refractivity contribution in [1.29, 1.82) is 5.26 Å². The zero-order chi connectivity index (χ0) is 10.8. The van der Waals surface area contributed by atoms with Crippen LogP contribution in [0.3, 0.4) is 0 Å². The predicted molar refractivity (Wildman–Crippen MR) is 58.4 cm³/mol. The molecule has 0 saturated heterocycles. The summed E-state index contributed by atoms with van der Waals surface area (Å²) in [4.78, 5) is 3.25. The largest absolute Gasteiger partial charge is 0.269 e. The number of fused-ring (bicyclic) bond motifs is 1. The van der Waals surface area contributed by atoms with Crippen LogP contribution in [0.25, 0.3) is 10.4 Å². The Kier molecular flexibility index (Phi) is 2.12. The van der Waals surface area contributed by atoms with Gasteiger partial charge in [0, 0.05) is 5.57 Å². The smallest absolute Gasteiger partial charge is 0.226 e. The molecule has 0 aromatic heterocycles. The molecular formula is C13H8N2. The van der Waals surface area contributed by atoms with E-state index < -0.39 is 0 Å². The van der Waals surface area contributed by atoms with Gasteiger partial charge in [-0.3, -0.25) is 0 Å². The van der Waals surface area contributed by atoms with Crippen LogP contribution in [0.2, 0.25) is 0 Å². The number of nitriles is 1. The first-order valence-corrected chi connectivity index (χ1v) is 4.56. The van der Waals surface area contributed by atoms with Crippen LogP contribution >= 0.6 is 0 Å². The number of hydrogen-bond acceptors (Lipinski definition) is 1. The molecule has 0 heterocycles. The average Bonchev–Trinajstić information content (AvgIpc) is 2.58. The van der Waals surface area contributed by atoms with Crippen LogP contribution in [-0.2, 0) is 6.42 Å². The minimum Gasteiger partial charge on any atom is -0.226 e. The number of rotatable bonds is 0. The third kappa shape index (κ3) is 1.33. The Labute approximate surface area is 88.6 Å². The van der Waals surface area contributed by atoms with Crippen molar-refractivity contribution < 1.29 is 0 Å². The lowest BCUT2D eigenvalue weighted by Gasteiger charge is -2.00. The molecule has 0 aliphatic heterocycles. The molecule has 70 valence electrons. The van der Waals surface area contributed by atoms with E-state index in [0.717, 1.165) is 28.7 Å². The van der Waals surface area contributed by atoms with Gasteiger partial charge in [-0.2, -0.15) is 0 Å². The highest BCUT2D eigenvalue weighted by molar-refractivity contribution is 5.89. The molecule has 0 spiro atoms. The molecule has 0 unspecified atom stereocenters. The van der Waals surface area contributed by atoms with Gasteiger partial charge in [-0.1, -0.05) is 36.4 Å². The summed E-state index contributed by atoms with van der Waals surface area (Å²) in [5.41, 5.74) is 3.86. The van der Waals surface area contributed by atoms with Gasteiger partial charge in [0.25, 0.3) is 5.70 Å². The van der Waals surface area contributed by atoms with Crippen molar-refractivity contribution in [2.24, 2.45) is 0 Å². The van der Waals surface area contributed by atoms with Crippen LogP contribution in [-0.4, -0.2) is 0 Å². The molecule has 1 aliphatic rings. The lowest BCUT2D eigenvalue weighted by Crippen LogP contribution is -1.83. The highest BCUT2D eigenvalue weighted by Gasteiger charge is 2.22. The highest BCUT2D eigenvalue weighted by atomic mass is 14.7. The monoisotopic (exact) mass is 192 g/mol. The fourth-order valence-electron chi connectivity index (χ4n) is 1.86. The van der Waals surface area contributed by atoms with E-state index in [1.54, 1.807) is 0 Å². The summed E-state index contributed by atoms with van der Waals surface area (Å²) in [7, 11) is 0. The summed E-state index contributed by atoms with van der Waals surface area (Å²) in [5.74, 6) is 0. The van der Waals surface area contributed by atoms with Gasteiger partial charge in [-0.05, 0) is 17.5 Å². The fourth-order valence-corrected chi connectivity index (χ4v) is 1.86. The molecule has 0 bridgehead atoms. The summed E-state index contributed by atoms with van der Waals surface area (Å²) in [6.07, 6.45) is 0.742. The van der Waals surface area contributed by atoms with Gasteiger partial charge in [0.05, 0.1) is 12.6 Å². The van der Waals surface area contributed by atoms with E-state index in [1.165, 1.54) is 0 Å². The SMILES string of the molecule is [C-]#[N+]/C(C#N)=C1\C(=C)Cc2ccccc21. The summed E-state index contributed by atoms with van der Waals surface area (Å²) >= 11 is 0. The molecular weight excluding hydrogens is 184 g/mol. The Balaban J connectivity index is 2.73. The van der Waals surface area contributed by atoms with Gasteiger partial charge >= 0.3 is 0 Å². The van der Waals surface area contributed by atoms with Crippen molar-refractivity contribution in [3.8, 4) is 6.07 Å². The highest BCUT2D eigenvalue weighted by Crippen LogP contribution is 2.37. The molecule has 1 aliphatic carbocycles. The van der Waals surface area contributed by atoms with Crippen molar-refractivity contribution in [1.82, 2.24) is 0 Å². The topological polar surface area (TPSA) is 28.1 Å². The summed E-state index contributed by atoms with van der Waals surface area (Å²) in [5, 5.41) is 8.87. The van der Waals surface area contributed by atoms with E-state index in [-0.39, 0.29) is 5.70 Å². The molecule has 0 saturated carbocycles. The van der Waals surface area contributed by atoms with Crippen LogP contribution in [0.5, 0.6) is 0 Å².